The number of ether oxygens (including phenoxy) is 3. The molecule has 0 saturated heterocycles. The van der Waals surface area contributed by atoms with Crippen LogP contribution in [0.3, 0.4) is 0 Å². The normalized spacial score (nSPS) is 11.2. The first-order valence-corrected chi connectivity index (χ1v) is 12.9. The van der Waals surface area contributed by atoms with E-state index >= 15 is 0 Å². The first-order chi connectivity index (χ1) is 17.7. The van der Waals surface area contributed by atoms with Crippen molar-refractivity contribution in [3.05, 3.63) is 74.6 Å². The Balaban J connectivity index is 1.85. The SMILES string of the molecule is CCOC(=O)c1c(/N=C/c2cc(Cl)cc(Cl)c2OC(C)=O)sc(C)c1-c1ccc2cc(OC)ccc2c1. The standard InChI is InChI=1S/C28H23Cl2NO5S/c1-5-35-28(33)25-24(19-7-6-18-12-22(34-4)9-8-17(18)10-19)15(2)37-27(25)31-14-20-11-21(29)13-23(30)26(20)36-16(3)32/h6-14H,5H2,1-4H3/b31-14+. The first kappa shape index (κ1) is 26.7. The number of hydrogen-bond acceptors (Lipinski definition) is 7. The number of benzene rings is 3. The Morgan fingerprint density at radius 3 is 2.49 bits per heavy atom. The van der Waals surface area contributed by atoms with Crippen LogP contribution in [0.1, 0.15) is 34.6 Å². The van der Waals surface area contributed by atoms with Crippen molar-refractivity contribution in [2.45, 2.75) is 20.8 Å². The van der Waals surface area contributed by atoms with Gasteiger partial charge in [-0.1, -0.05) is 41.4 Å². The van der Waals surface area contributed by atoms with Gasteiger partial charge in [0, 0.05) is 34.2 Å². The molecule has 0 radical (unpaired) electrons. The topological polar surface area (TPSA) is 74.2 Å². The summed E-state index contributed by atoms with van der Waals surface area (Å²) in [5, 5.41) is 2.99. The second-order valence-electron chi connectivity index (χ2n) is 8.02. The number of halogens is 2. The van der Waals surface area contributed by atoms with Gasteiger partial charge < -0.3 is 14.2 Å². The zero-order chi connectivity index (χ0) is 26.7. The van der Waals surface area contributed by atoms with Crippen LogP contribution in [-0.4, -0.2) is 31.9 Å². The van der Waals surface area contributed by atoms with Gasteiger partial charge in [-0.2, -0.15) is 0 Å². The van der Waals surface area contributed by atoms with Crippen LogP contribution < -0.4 is 9.47 Å². The number of carbonyl (C=O) groups excluding carboxylic acids is 2. The molecular weight excluding hydrogens is 533 g/mol. The fraction of sp³-hybridized carbons (Fsp3) is 0.179. The quantitative estimate of drug-likeness (QED) is 0.131. The Hall–Kier alpha value is -3.39. The molecule has 0 N–H and O–H groups in total. The Kier molecular flexibility index (Phi) is 8.17. The highest BCUT2D eigenvalue weighted by Crippen LogP contribution is 2.43. The lowest BCUT2D eigenvalue weighted by atomic mass is 9.98. The van der Waals surface area contributed by atoms with Crippen LogP contribution in [0.5, 0.6) is 11.5 Å². The minimum absolute atomic E-state index is 0.137. The molecule has 9 heteroatoms. The molecule has 37 heavy (non-hydrogen) atoms. The summed E-state index contributed by atoms with van der Waals surface area (Å²) in [7, 11) is 1.63. The highest BCUT2D eigenvalue weighted by atomic mass is 35.5. The van der Waals surface area contributed by atoms with Crippen LogP contribution in [-0.2, 0) is 9.53 Å². The second kappa shape index (κ2) is 11.3. The average Bonchev–Trinajstić information content (AvgIpc) is 3.19. The van der Waals surface area contributed by atoms with Crippen molar-refractivity contribution in [3.63, 3.8) is 0 Å². The van der Waals surface area contributed by atoms with Crippen LogP contribution in [0.2, 0.25) is 10.0 Å². The highest BCUT2D eigenvalue weighted by Gasteiger charge is 2.24. The van der Waals surface area contributed by atoms with E-state index in [9.17, 15) is 9.59 Å². The molecule has 0 aliphatic heterocycles. The number of thiophene rings is 1. The smallest absolute Gasteiger partial charge is 0.341 e. The van der Waals surface area contributed by atoms with Crippen LogP contribution in [0.25, 0.3) is 21.9 Å². The molecule has 0 spiro atoms. The molecule has 0 aliphatic carbocycles. The molecule has 4 rings (SSSR count). The molecule has 0 saturated carbocycles. The van der Waals surface area contributed by atoms with Gasteiger partial charge in [-0.3, -0.25) is 4.79 Å². The summed E-state index contributed by atoms with van der Waals surface area (Å²) in [6.45, 7) is 5.18. The van der Waals surface area contributed by atoms with E-state index in [-0.39, 0.29) is 17.4 Å². The second-order valence-corrected chi connectivity index (χ2v) is 10.1. The first-order valence-electron chi connectivity index (χ1n) is 11.3. The molecule has 0 unspecified atom stereocenters. The number of carbonyl (C=O) groups is 2. The van der Waals surface area contributed by atoms with Gasteiger partial charge in [-0.15, -0.1) is 11.3 Å². The van der Waals surface area contributed by atoms with Gasteiger partial charge in [0.05, 0.1) is 18.7 Å². The summed E-state index contributed by atoms with van der Waals surface area (Å²) in [5.41, 5.74) is 2.37. The van der Waals surface area contributed by atoms with E-state index in [1.54, 1.807) is 20.1 Å². The lowest BCUT2D eigenvalue weighted by molar-refractivity contribution is -0.131. The van der Waals surface area contributed by atoms with Gasteiger partial charge in [0.25, 0.3) is 0 Å². The van der Waals surface area contributed by atoms with E-state index in [1.165, 1.54) is 30.5 Å². The summed E-state index contributed by atoms with van der Waals surface area (Å²) in [5.74, 6) is -0.106. The molecule has 190 valence electrons. The van der Waals surface area contributed by atoms with Crippen LogP contribution >= 0.6 is 34.5 Å². The number of nitrogens with zero attached hydrogens (tertiary/aromatic N) is 1. The van der Waals surface area contributed by atoms with Crippen molar-refractivity contribution in [1.82, 2.24) is 0 Å². The molecule has 0 atom stereocenters. The predicted molar refractivity (Wildman–Crippen MR) is 150 cm³/mol. The molecular formula is C28H23Cl2NO5S. The largest absolute Gasteiger partial charge is 0.497 e. The Morgan fingerprint density at radius 2 is 1.78 bits per heavy atom. The van der Waals surface area contributed by atoms with E-state index in [0.717, 1.165) is 32.5 Å². The Morgan fingerprint density at radius 1 is 1.05 bits per heavy atom. The van der Waals surface area contributed by atoms with Crippen molar-refractivity contribution in [2.24, 2.45) is 4.99 Å². The molecule has 0 fully saturated rings. The summed E-state index contributed by atoms with van der Waals surface area (Å²) in [6.07, 6.45) is 1.47. The van der Waals surface area contributed by atoms with Crippen LogP contribution in [0, 0.1) is 6.92 Å². The average molecular weight is 556 g/mol. The third-order valence-electron chi connectivity index (χ3n) is 5.49. The number of aryl methyl sites for hydroxylation is 1. The van der Waals surface area contributed by atoms with E-state index < -0.39 is 11.9 Å². The minimum Gasteiger partial charge on any atom is -0.497 e. The number of rotatable bonds is 7. The molecule has 0 aliphatic rings. The van der Waals surface area contributed by atoms with Gasteiger partial charge in [0.15, 0.2) is 5.75 Å². The molecule has 6 nitrogen and oxygen atoms in total. The molecule has 4 aromatic rings. The summed E-state index contributed by atoms with van der Waals surface area (Å²) < 4.78 is 16.0. The third-order valence-corrected chi connectivity index (χ3v) is 7.00. The highest BCUT2D eigenvalue weighted by molar-refractivity contribution is 7.16. The number of fused-ring (bicyclic) bond motifs is 1. The Bertz CT molecular complexity index is 1540. The molecule has 0 bridgehead atoms. The number of hydrogen-bond donors (Lipinski definition) is 0. The summed E-state index contributed by atoms with van der Waals surface area (Å²) >= 11 is 13.8. The minimum atomic E-state index is -0.533. The maximum atomic E-state index is 13.1. The van der Waals surface area contributed by atoms with Crippen molar-refractivity contribution in [1.29, 1.82) is 0 Å². The van der Waals surface area contributed by atoms with Crippen molar-refractivity contribution >= 4 is 68.5 Å². The van der Waals surface area contributed by atoms with Gasteiger partial charge >= 0.3 is 11.9 Å². The van der Waals surface area contributed by atoms with E-state index in [4.69, 9.17) is 37.4 Å². The van der Waals surface area contributed by atoms with E-state index in [2.05, 4.69) is 4.99 Å². The number of esters is 2. The predicted octanol–water partition coefficient (Wildman–Crippen LogP) is 8.04. The maximum absolute atomic E-state index is 13.1. The van der Waals surface area contributed by atoms with Crippen molar-refractivity contribution in [3.8, 4) is 22.6 Å². The molecule has 1 aromatic heterocycles. The van der Waals surface area contributed by atoms with Gasteiger partial charge in [-0.25, -0.2) is 9.79 Å². The fourth-order valence-electron chi connectivity index (χ4n) is 3.92. The molecule has 3 aromatic carbocycles. The lowest BCUT2D eigenvalue weighted by Gasteiger charge is -2.09. The lowest BCUT2D eigenvalue weighted by Crippen LogP contribution is -2.06. The van der Waals surface area contributed by atoms with Crippen LogP contribution in [0.4, 0.5) is 5.00 Å². The van der Waals surface area contributed by atoms with E-state index in [0.29, 0.717) is 21.2 Å². The number of methoxy groups -OCH3 is 1. The molecule has 0 amide bonds. The number of aliphatic imine (C=N–C) groups is 1. The maximum Gasteiger partial charge on any atom is 0.341 e. The zero-order valence-corrected chi connectivity index (χ0v) is 22.9. The Labute approximate surface area is 228 Å². The van der Waals surface area contributed by atoms with Crippen molar-refractivity contribution in [2.75, 3.05) is 13.7 Å². The van der Waals surface area contributed by atoms with Gasteiger partial charge in [-0.05, 0) is 60.5 Å². The van der Waals surface area contributed by atoms with Crippen LogP contribution in [0.15, 0.2) is 53.5 Å². The zero-order valence-electron chi connectivity index (χ0n) is 20.6. The third kappa shape index (κ3) is 5.80. The summed E-state index contributed by atoms with van der Waals surface area (Å²) in [6, 6.07) is 14.9. The summed E-state index contributed by atoms with van der Waals surface area (Å²) in [4.78, 5) is 30.2. The van der Waals surface area contributed by atoms with Gasteiger partial charge in [0.2, 0.25) is 0 Å². The van der Waals surface area contributed by atoms with Gasteiger partial charge in [0.1, 0.15) is 16.3 Å². The monoisotopic (exact) mass is 555 g/mol. The molecule has 1 heterocycles. The van der Waals surface area contributed by atoms with Crippen molar-refractivity contribution < 1.29 is 23.8 Å². The fourth-order valence-corrected chi connectivity index (χ4v) is 5.48. The van der Waals surface area contributed by atoms with E-state index in [1.807, 2.05) is 43.3 Å².